The number of aliphatic hydroxyl groups is 3. The lowest BCUT2D eigenvalue weighted by molar-refractivity contribution is -0.142. The molecule has 1 aliphatic carbocycles. The standard InChI is InChI=1S/C14H22N2O8/c1-7(18)11(13(21)22)16-9-4-14(23,6-17)3-8(12(9)24-2)15-5-10(19)20/h7,11,16-18,23H,3-6H2,1-2H3,(H,19,20)(H,21,22). The van der Waals surface area contributed by atoms with Crippen LogP contribution in [-0.2, 0) is 14.3 Å². The number of ether oxygens (including phenoxy) is 1. The van der Waals surface area contributed by atoms with Gasteiger partial charge in [0.25, 0.3) is 0 Å². The minimum absolute atomic E-state index is 0.0833. The van der Waals surface area contributed by atoms with Crippen molar-refractivity contribution in [3.05, 3.63) is 11.5 Å². The molecule has 0 aromatic rings. The van der Waals surface area contributed by atoms with Crippen LogP contribution in [-0.4, -0.2) is 81.2 Å². The SMILES string of the molecule is COC1=C(NC(C(=O)O)C(C)O)CC(O)(CO)CC1=NCC(=O)O. The molecule has 0 spiro atoms. The van der Waals surface area contributed by atoms with Crippen molar-refractivity contribution >= 4 is 17.7 Å². The van der Waals surface area contributed by atoms with Crippen molar-refractivity contribution in [2.24, 2.45) is 4.99 Å². The van der Waals surface area contributed by atoms with Crippen molar-refractivity contribution in [3.8, 4) is 0 Å². The molecule has 24 heavy (non-hydrogen) atoms. The molecule has 6 N–H and O–H groups in total. The third-order valence-electron chi connectivity index (χ3n) is 3.52. The topological polar surface area (TPSA) is 169 Å². The fourth-order valence-electron chi connectivity index (χ4n) is 2.37. The second kappa shape index (κ2) is 8.08. The number of aliphatic carboxylic acids is 2. The first-order chi connectivity index (χ1) is 11.1. The van der Waals surface area contributed by atoms with Crippen molar-refractivity contribution in [3.63, 3.8) is 0 Å². The van der Waals surface area contributed by atoms with Crippen molar-refractivity contribution in [1.29, 1.82) is 0 Å². The first kappa shape index (κ1) is 19.9. The second-order valence-electron chi connectivity index (χ2n) is 5.61. The van der Waals surface area contributed by atoms with Crippen LogP contribution in [0.4, 0.5) is 0 Å². The van der Waals surface area contributed by atoms with E-state index in [1.807, 2.05) is 0 Å². The molecule has 0 bridgehead atoms. The molecular weight excluding hydrogens is 324 g/mol. The Bertz CT molecular complexity index is 557. The summed E-state index contributed by atoms with van der Waals surface area (Å²) in [6.45, 7) is 0.0583. The predicted octanol–water partition coefficient (Wildman–Crippen LogP) is -1.69. The molecule has 0 amide bonds. The molecular formula is C14H22N2O8. The number of carboxylic acid groups (broad SMARTS) is 2. The van der Waals surface area contributed by atoms with Crippen molar-refractivity contribution in [1.82, 2.24) is 5.32 Å². The molecule has 1 rings (SSSR count). The molecule has 0 fully saturated rings. The summed E-state index contributed by atoms with van der Waals surface area (Å²) in [5.74, 6) is -2.44. The molecule has 0 radical (unpaired) electrons. The number of hydrogen-bond donors (Lipinski definition) is 6. The maximum Gasteiger partial charge on any atom is 0.328 e. The number of nitrogens with zero attached hydrogens (tertiary/aromatic N) is 1. The van der Waals surface area contributed by atoms with Crippen LogP contribution < -0.4 is 5.32 Å². The van der Waals surface area contributed by atoms with Gasteiger partial charge in [-0.15, -0.1) is 0 Å². The van der Waals surface area contributed by atoms with Crippen LogP contribution in [0.5, 0.6) is 0 Å². The number of aliphatic imine (C=N–C) groups is 1. The molecule has 0 saturated carbocycles. The molecule has 0 aromatic carbocycles. The summed E-state index contributed by atoms with van der Waals surface area (Å²) in [6, 6.07) is -1.38. The number of aliphatic hydroxyl groups excluding tert-OH is 2. The van der Waals surface area contributed by atoms with E-state index in [0.717, 1.165) is 0 Å². The summed E-state index contributed by atoms with van der Waals surface area (Å²) in [5.41, 5.74) is -1.46. The van der Waals surface area contributed by atoms with Gasteiger partial charge in [0.2, 0.25) is 0 Å². The first-order valence-electron chi connectivity index (χ1n) is 7.17. The molecule has 3 unspecified atom stereocenters. The maximum atomic E-state index is 11.2. The van der Waals surface area contributed by atoms with Crippen molar-refractivity contribution in [2.45, 2.75) is 37.5 Å². The highest BCUT2D eigenvalue weighted by Gasteiger charge is 2.39. The van der Waals surface area contributed by atoms with Crippen LogP contribution >= 0.6 is 0 Å². The number of rotatable bonds is 8. The Morgan fingerprint density at radius 1 is 1.38 bits per heavy atom. The number of allylic oxidation sites excluding steroid dienone is 1. The summed E-state index contributed by atoms with van der Waals surface area (Å²) >= 11 is 0. The summed E-state index contributed by atoms with van der Waals surface area (Å²) in [4.78, 5) is 25.8. The Labute approximate surface area is 138 Å². The average molecular weight is 346 g/mol. The smallest absolute Gasteiger partial charge is 0.328 e. The van der Waals surface area contributed by atoms with E-state index in [-0.39, 0.29) is 30.0 Å². The summed E-state index contributed by atoms with van der Waals surface area (Å²) < 4.78 is 5.17. The molecule has 10 nitrogen and oxygen atoms in total. The van der Waals surface area contributed by atoms with E-state index >= 15 is 0 Å². The van der Waals surface area contributed by atoms with Crippen LogP contribution in [0.2, 0.25) is 0 Å². The van der Waals surface area contributed by atoms with E-state index in [2.05, 4.69) is 10.3 Å². The minimum Gasteiger partial charge on any atom is -0.493 e. The highest BCUT2D eigenvalue weighted by Crippen LogP contribution is 2.30. The van der Waals surface area contributed by atoms with Gasteiger partial charge in [-0.05, 0) is 6.92 Å². The Morgan fingerprint density at radius 2 is 2.00 bits per heavy atom. The van der Waals surface area contributed by atoms with Gasteiger partial charge in [-0.25, -0.2) is 4.79 Å². The van der Waals surface area contributed by atoms with E-state index in [9.17, 15) is 24.9 Å². The van der Waals surface area contributed by atoms with Crippen molar-refractivity contribution in [2.75, 3.05) is 20.3 Å². The molecule has 136 valence electrons. The number of nitrogens with one attached hydrogen (secondary N) is 1. The highest BCUT2D eigenvalue weighted by molar-refractivity contribution is 6.01. The van der Waals surface area contributed by atoms with E-state index in [0.29, 0.717) is 0 Å². The summed E-state index contributed by atoms with van der Waals surface area (Å²) in [5, 5.41) is 49.8. The third-order valence-corrected chi connectivity index (χ3v) is 3.52. The predicted molar refractivity (Wildman–Crippen MR) is 81.5 cm³/mol. The van der Waals surface area contributed by atoms with Crippen LogP contribution in [0.15, 0.2) is 16.4 Å². The normalized spacial score (nSPS) is 25.3. The quantitative estimate of drug-likeness (QED) is 0.300. The monoisotopic (exact) mass is 346 g/mol. The summed E-state index contributed by atoms with van der Waals surface area (Å²) in [6.07, 6.45) is -1.58. The highest BCUT2D eigenvalue weighted by atomic mass is 16.5. The Hall–Kier alpha value is -2.17. The van der Waals surface area contributed by atoms with Gasteiger partial charge in [0.05, 0.1) is 36.8 Å². The lowest BCUT2D eigenvalue weighted by Gasteiger charge is -2.35. The molecule has 10 heteroatoms. The molecule has 0 saturated heterocycles. The minimum atomic E-state index is -1.65. The Morgan fingerprint density at radius 3 is 2.42 bits per heavy atom. The van der Waals surface area contributed by atoms with Crippen molar-refractivity contribution < 1.29 is 39.9 Å². The Balaban J connectivity index is 3.29. The lowest BCUT2D eigenvalue weighted by Crippen LogP contribution is -2.49. The molecule has 3 atom stereocenters. The molecule has 0 aliphatic heterocycles. The van der Waals surface area contributed by atoms with Gasteiger partial charge >= 0.3 is 11.9 Å². The number of methoxy groups -OCH3 is 1. The van der Waals surface area contributed by atoms with E-state index in [1.165, 1.54) is 14.0 Å². The fraction of sp³-hybridized carbons (Fsp3) is 0.643. The third kappa shape index (κ3) is 4.91. The summed E-state index contributed by atoms with van der Waals surface area (Å²) in [7, 11) is 1.29. The van der Waals surface area contributed by atoms with Gasteiger partial charge in [-0.3, -0.25) is 9.79 Å². The number of hydrogen-bond acceptors (Lipinski definition) is 8. The first-order valence-corrected chi connectivity index (χ1v) is 7.17. The van der Waals surface area contributed by atoms with Gasteiger partial charge < -0.3 is 35.6 Å². The molecule has 1 aliphatic rings. The number of carbonyl (C=O) groups is 2. The maximum absolute atomic E-state index is 11.2. The number of carboxylic acids is 2. The van der Waals surface area contributed by atoms with E-state index < -0.39 is 42.8 Å². The second-order valence-corrected chi connectivity index (χ2v) is 5.61. The van der Waals surface area contributed by atoms with Gasteiger partial charge in [-0.2, -0.15) is 0 Å². The zero-order chi connectivity index (χ0) is 18.5. The zero-order valence-electron chi connectivity index (χ0n) is 13.4. The van der Waals surface area contributed by atoms with Gasteiger partial charge in [0.1, 0.15) is 6.54 Å². The Kier molecular flexibility index (Phi) is 6.70. The zero-order valence-corrected chi connectivity index (χ0v) is 13.4. The largest absolute Gasteiger partial charge is 0.493 e. The van der Waals surface area contributed by atoms with Gasteiger partial charge in [0.15, 0.2) is 11.8 Å². The molecule has 0 heterocycles. The molecule has 0 aromatic heterocycles. The van der Waals surface area contributed by atoms with Crippen LogP contribution in [0.3, 0.4) is 0 Å². The van der Waals surface area contributed by atoms with E-state index in [1.54, 1.807) is 0 Å². The van der Waals surface area contributed by atoms with Crippen LogP contribution in [0, 0.1) is 0 Å². The van der Waals surface area contributed by atoms with Crippen LogP contribution in [0.25, 0.3) is 0 Å². The van der Waals surface area contributed by atoms with E-state index in [4.69, 9.17) is 14.9 Å². The lowest BCUT2D eigenvalue weighted by atomic mass is 9.85. The van der Waals surface area contributed by atoms with Crippen LogP contribution in [0.1, 0.15) is 19.8 Å². The van der Waals surface area contributed by atoms with Gasteiger partial charge in [0, 0.05) is 12.8 Å². The average Bonchev–Trinajstić information content (AvgIpc) is 2.49. The van der Waals surface area contributed by atoms with Gasteiger partial charge in [-0.1, -0.05) is 0 Å². The fourth-order valence-corrected chi connectivity index (χ4v) is 2.37.